The van der Waals surface area contributed by atoms with Crippen LogP contribution in [0.2, 0.25) is 0 Å². The van der Waals surface area contributed by atoms with Gasteiger partial charge in [0.15, 0.2) is 0 Å². The summed E-state index contributed by atoms with van der Waals surface area (Å²) >= 11 is 0. The van der Waals surface area contributed by atoms with Crippen molar-refractivity contribution in [2.45, 2.75) is 13.0 Å². The molecular formula is C17H23ClN4. The van der Waals surface area contributed by atoms with Gasteiger partial charge in [0.25, 0.3) is 0 Å². The molecule has 0 aliphatic carbocycles. The molecule has 1 N–H and O–H groups in total. The molecule has 2 aromatic rings. The topological polar surface area (TPSA) is 41.0 Å². The molecule has 1 aliphatic rings. The molecule has 1 fully saturated rings. The second kappa shape index (κ2) is 8.83. The van der Waals surface area contributed by atoms with Gasteiger partial charge >= 0.3 is 0 Å². The van der Waals surface area contributed by atoms with E-state index in [2.05, 4.69) is 50.5 Å². The van der Waals surface area contributed by atoms with Crippen LogP contribution >= 0.6 is 12.4 Å². The second-order valence-electron chi connectivity index (χ2n) is 5.69. The lowest BCUT2D eigenvalue weighted by atomic mass is 10.0. The van der Waals surface area contributed by atoms with Gasteiger partial charge in [-0.2, -0.15) is 0 Å². The van der Waals surface area contributed by atoms with Crippen molar-refractivity contribution < 1.29 is 0 Å². The van der Waals surface area contributed by atoms with Gasteiger partial charge in [-0.15, -0.1) is 12.4 Å². The molecule has 22 heavy (non-hydrogen) atoms. The van der Waals surface area contributed by atoms with E-state index in [-0.39, 0.29) is 12.4 Å². The van der Waals surface area contributed by atoms with Crippen molar-refractivity contribution >= 4 is 12.4 Å². The summed E-state index contributed by atoms with van der Waals surface area (Å²) in [6, 6.07) is 10.7. The highest BCUT2D eigenvalue weighted by molar-refractivity contribution is 5.85. The van der Waals surface area contributed by atoms with Gasteiger partial charge < -0.3 is 5.32 Å². The molecule has 1 unspecified atom stereocenters. The van der Waals surface area contributed by atoms with Crippen molar-refractivity contribution in [3.63, 3.8) is 0 Å². The van der Waals surface area contributed by atoms with E-state index in [0.29, 0.717) is 5.92 Å². The summed E-state index contributed by atoms with van der Waals surface area (Å²) < 4.78 is 0. The summed E-state index contributed by atoms with van der Waals surface area (Å²) in [5, 5.41) is 3.54. The molecule has 4 nitrogen and oxygen atoms in total. The summed E-state index contributed by atoms with van der Waals surface area (Å²) in [5.41, 5.74) is 2.48. The zero-order valence-corrected chi connectivity index (χ0v) is 13.5. The summed E-state index contributed by atoms with van der Waals surface area (Å²) in [6.07, 6.45) is 6.39. The van der Waals surface area contributed by atoms with Crippen LogP contribution in [0, 0.1) is 5.92 Å². The average molecular weight is 319 g/mol. The molecule has 1 atom stereocenters. The summed E-state index contributed by atoms with van der Waals surface area (Å²) in [5.74, 6) is 0.591. The second-order valence-corrected chi connectivity index (χ2v) is 5.69. The first-order chi connectivity index (χ1) is 10.4. The highest BCUT2D eigenvalue weighted by Crippen LogP contribution is 2.12. The molecular weight excluding hydrogens is 296 g/mol. The van der Waals surface area contributed by atoms with Gasteiger partial charge in [-0.05, 0) is 24.4 Å². The number of halogens is 1. The van der Waals surface area contributed by atoms with Crippen LogP contribution in [0.15, 0.2) is 48.9 Å². The Morgan fingerprint density at radius 2 is 2.05 bits per heavy atom. The van der Waals surface area contributed by atoms with Gasteiger partial charge in [0, 0.05) is 44.8 Å². The number of hydrogen-bond donors (Lipinski definition) is 1. The molecule has 1 aromatic carbocycles. The molecule has 0 spiro atoms. The van der Waals surface area contributed by atoms with Crippen molar-refractivity contribution in [2.75, 3.05) is 26.2 Å². The Labute approximate surface area is 138 Å². The minimum atomic E-state index is 0. The van der Waals surface area contributed by atoms with E-state index in [4.69, 9.17) is 0 Å². The fraction of sp³-hybridized carbons (Fsp3) is 0.412. The number of rotatable bonds is 4. The van der Waals surface area contributed by atoms with Crippen LogP contribution in [-0.2, 0) is 13.0 Å². The van der Waals surface area contributed by atoms with Gasteiger partial charge in [0.05, 0.1) is 5.69 Å². The van der Waals surface area contributed by atoms with E-state index < -0.39 is 0 Å². The smallest absolute Gasteiger partial charge is 0.0590 e. The predicted octanol–water partition coefficient (Wildman–Crippen LogP) is 2.16. The fourth-order valence-electron chi connectivity index (χ4n) is 2.92. The third-order valence-corrected chi connectivity index (χ3v) is 3.92. The quantitative estimate of drug-likeness (QED) is 0.938. The Kier molecular flexibility index (Phi) is 6.77. The first-order valence-corrected chi connectivity index (χ1v) is 7.62. The molecule has 0 bridgehead atoms. The summed E-state index contributed by atoms with van der Waals surface area (Å²) in [6.45, 7) is 5.36. The molecule has 2 heterocycles. The van der Waals surface area contributed by atoms with Crippen LogP contribution < -0.4 is 5.32 Å². The average Bonchev–Trinajstić information content (AvgIpc) is 2.74. The molecule has 1 saturated heterocycles. The largest absolute Gasteiger partial charge is 0.315 e. The minimum absolute atomic E-state index is 0. The number of nitrogens with zero attached hydrogens (tertiary/aromatic N) is 3. The van der Waals surface area contributed by atoms with Crippen molar-refractivity contribution in [2.24, 2.45) is 5.92 Å². The van der Waals surface area contributed by atoms with E-state index in [1.54, 1.807) is 12.4 Å². The van der Waals surface area contributed by atoms with Gasteiger partial charge in [0.2, 0.25) is 0 Å². The van der Waals surface area contributed by atoms with Crippen LogP contribution in [0.5, 0.6) is 0 Å². The third kappa shape index (κ3) is 5.05. The van der Waals surface area contributed by atoms with Crippen molar-refractivity contribution in [3.05, 3.63) is 60.2 Å². The maximum absolute atomic E-state index is 4.40. The highest BCUT2D eigenvalue weighted by atomic mass is 35.5. The standard InChI is InChI=1S/C17H22N4.ClH/c1-2-4-15(5-3-1)13-21-9-8-19-11-16(14-21)10-17-12-18-6-7-20-17;/h1-7,12,16,19H,8-11,13-14H2;1H. The highest BCUT2D eigenvalue weighted by Gasteiger charge is 2.18. The maximum atomic E-state index is 4.40. The molecule has 3 rings (SSSR count). The number of hydrogen-bond acceptors (Lipinski definition) is 4. The third-order valence-electron chi connectivity index (χ3n) is 3.92. The van der Waals surface area contributed by atoms with Crippen molar-refractivity contribution in [1.29, 1.82) is 0 Å². The Balaban J connectivity index is 0.00000176. The molecule has 5 heteroatoms. The van der Waals surface area contributed by atoms with E-state index in [9.17, 15) is 0 Å². The zero-order valence-electron chi connectivity index (χ0n) is 12.7. The predicted molar refractivity (Wildman–Crippen MR) is 91.1 cm³/mol. The van der Waals surface area contributed by atoms with Gasteiger partial charge in [-0.1, -0.05) is 30.3 Å². The maximum Gasteiger partial charge on any atom is 0.0590 e. The Bertz CT molecular complexity index is 485. The van der Waals surface area contributed by atoms with Gasteiger partial charge in [-0.25, -0.2) is 0 Å². The fourth-order valence-corrected chi connectivity index (χ4v) is 2.92. The Hall–Kier alpha value is -1.49. The van der Waals surface area contributed by atoms with Crippen LogP contribution in [0.4, 0.5) is 0 Å². The lowest BCUT2D eigenvalue weighted by Crippen LogP contribution is -2.30. The zero-order chi connectivity index (χ0) is 14.3. The van der Waals surface area contributed by atoms with Crippen LogP contribution in [0.1, 0.15) is 11.3 Å². The number of nitrogens with one attached hydrogen (secondary N) is 1. The Morgan fingerprint density at radius 3 is 2.82 bits per heavy atom. The van der Waals surface area contributed by atoms with Crippen LogP contribution in [0.25, 0.3) is 0 Å². The minimum Gasteiger partial charge on any atom is -0.315 e. The van der Waals surface area contributed by atoms with E-state index in [1.807, 2.05) is 6.20 Å². The first kappa shape index (κ1) is 16.9. The lowest BCUT2D eigenvalue weighted by Gasteiger charge is -2.23. The van der Waals surface area contributed by atoms with Crippen LogP contribution in [0.3, 0.4) is 0 Å². The normalized spacial score (nSPS) is 19.2. The SMILES string of the molecule is Cl.c1ccc(CN2CCNCC(Cc3cnccn3)C2)cc1. The number of benzene rings is 1. The summed E-state index contributed by atoms with van der Waals surface area (Å²) in [4.78, 5) is 11.1. The molecule has 0 amide bonds. The van der Waals surface area contributed by atoms with Crippen LogP contribution in [-0.4, -0.2) is 41.0 Å². The van der Waals surface area contributed by atoms with E-state index in [1.165, 1.54) is 5.56 Å². The first-order valence-electron chi connectivity index (χ1n) is 7.62. The molecule has 0 radical (unpaired) electrons. The van der Waals surface area contributed by atoms with Gasteiger partial charge in [0.1, 0.15) is 0 Å². The van der Waals surface area contributed by atoms with Gasteiger partial charge in [-0.3, -0.25) is 14.9 Å². The monoisotopic (exact) mass is 318 g/mol. The molecule has 0 saturated carbocycles. The van der Waals surface area contributed by atoms with E-state index in [0.717, 1.165) is 44.8 Å². The molecule has 1 aromatic heterocycles. The van der Waals surface area contributed by atoms with Crippen molar-refractivity contribution in [1.82, 2.24) is 20.2 Å². The molecule has 118 valence electrons. The number of aromatic nitrogens is 2. The Morgan fingerprint density at radius 1 is 1.18 bits per heavy atom. The van der Waals surface area contributed by atoms with Crippen molar-refractivity contribution in [3.8, 4) is 0 Å². The summed E-state index contributed by atoms with van der Waals surface area (Å²) in [7, 11) is 0. The molecule has 1 aliphatic heterocycles. The lowest BCUT2D eigenvalue weighted by molar-refractivity contribution is 0.248. The van der Waals surface area contributed by atoms with E-state index >= 15 is 0 Å².